The van der Waals surface area contributed by atoms with Crippen LogP contribution in [0.1, 0.15) is 18.9 Å². The lowest BCUT2D eigenvalue weighted by atomic mass is 9.89. The number of hydrogen-bond donors (Lipinski definition) is 0. The summed E-state index contributed by atoms with van der Waals surface area (Å²) in [6.07, 6.45) is 1.98. The molecule has 1 aliphatic rings. The van der Waals surface area contributed by atoms with Crippen LogP contribution in [-0.4, -0.2) is 32.5 Å². The highest BCUT2D eigenvalue weighted by Gasteiger charge is 2.34. The van der Waals surface area contributed by atoms with E-state index in [0.29, 0.717) is 5.65 Å². The standard InChI is InChI=1S/C15H16N4O2/c1-18-14-13(11-5-3-4-6-12(11)16-17-14)19(15(18)20)9-7-10(8-9)21-2/h3-6,9-10H,7-8H2,1-2H3/t9-,10+. The van der Waals surface area contributed by atoms with Gasteiger partial charge < -0.3 is 4.74 Å². The Bertz CT molecular complexity index is 890. The van der Waals surface area contributed by atoms with Gasteiger partial charge in [0.2, 0.25) is 0 Å². The Kier molecular flexibility index (Phi) is 2.62. The average Bonchev–Trinajstić information content (AvgIpc) is 2.72. The van der Waals surface area contributed by atoms with E-state index in [0.717, 1.165) is 29.3 Å². The number of ether oxygens (including phenoxy) is 1. The highest BCUT2D eigenvalue weighted by atomic mass is 16.5. The van der Waals surface area contributed by atoms with Crippen molar-refractivity contribution in [3.05, 3.63) is 34.7 Å². The molecule has 108 valence electrons. The molecular weight excluding hydrogens is 268 g/mol. The summed E-state index contributed by atoms with van der Waals surface area (Å²) >= 11 is 0. The molecule has 2 heterocycles. The lowest BCUT2D eigenvalue weighted by Gasteiger charge is -2.34. The van der Waals surface area contributed by atoms with Gasteiger partial charge in [-0.25, -0.2) is 4.79 Å². The van der Waals surface area contributed by atoms with Crippen LogP contribution in [0.15, 0.2) is 29.1 Å². The van der Waals surface area contributed by atoms with E-state index in [4.69, 9.17) is 4.74 Å². The fourth-order valence-electron chi connectivity index (χ4n) is 3.12. The first-order valence-electron chi connectivity index (χ1n) is 7.06. The largest absolute Gasteiger partial charge is 0.381 e. The maximum absolute atomic E-state index is 12.6. The van der Waals surface area contributed by atoms with Gasteiger partial charge >= 0.3 is 5.69 Å². The Labute approximate surface area is 121 Å². The molecule has 1 aromatic carbocycles. The molecule has 1 saturated carbocycles. The number of methoxy groups -OCH3 is 1. The molecule has 0 unspecified atom stereocenters. The maximum atomic E-state index is 12.6. The summed E-state index contributed by atoms with van der Waals surface area (Å²) in [5.41, 5.74) is 2.30. The predicted octanol–water partition coefficient (Wildman–Crippen LogP) is 1.63. The highest BCUT2D eigenvalue weighted by molar-refractivity contribution is 6.00. The van der Waals surface area contributed by atoms with Crippen LogP contribution in [0.4, 0.5) is 0 Å². The quantitative estimate of drug-likeness (QED) is 0.717. The van der Waals surface area contributed by atoms with Crippen molar-refractivity contribution in [3.8, 4) is 0 Å². The van der Waals surface area contributed by atoms with Crippen molar-refractivity contribution in [1.29, 1.82) is 0 Å². The molecule has 0 radical (unpaired) electrons. The fourth-order valence-corrected chi connectivity index (χ4v) is 3.12. The van der Waals surface area contributed by atoms with Crippen LogP contribution >= 0.6 is 0 Å². The third kappa shape index (κ3) is 1.65. The lowest BCUT2D eigenvalue weighted by molar-refractivity contribution is 0.00635. The van der Waals surface area contributed by atoms with Crippen molar-refractivity contribution in [1.82, 2.24) is 19.3 Å². The minimum absolute atomic E-state index is 0.0322. The van der Waals surface area contributed by atoms with Crippen LogP contribution in [0, 0.1) is 0 Å². The van der Waals surface area contributed by atoms with Gasteiger partial charge in [-0.05, 0) is 18.9 Å². The smallest absolute Gasteiger partial charge is 0.330 e. The van der Waals surface area contributed by atoms with E-state index in [-0.39, 0.29) is 17.8 Å². The topological polar surface area (TPSA) is 61.9 Å². The van der Waals surface area contributed by atoms with Crippen LogP contribution in [0.5, 0.6) is 0 Å². The average molecular weight is 284 g/mol. The summed E-state index contributed by atoms with van der Waals surface area (Å²) in [4.78, 5) is 12.6. The minimum atomic E-state index is -0.0322. The van der Waals surface area contributed by atoms with E-state index in [1.165, 1.54) is 0 Å². The number of rotatable bonds is 2. The van der Waals surface area contributed by atoms with E-state index >= 15 is 0 Å². The highest BCUT2D eigenvalue weighted by Crippen LogP contribution is 2.36. The molecule has 1 fully saturated rings. The maximum Gasteiger partial charge on any atom is 0.330 e. The van der Waals surface area contributed by atoms with Gasteiger partial charge in [0.05, 0.1) is 11.6 Å². The molecule has 0 saturated heterocycles. The van der Waals surface area contributed by atoms with E-state index in [1.54, 1.807) is 18.7 Å². The molecule has 0 aliphatic heterocycles. The molecule has 0 bridgehead atoms. The van der Waals surface area contributed by atoms with Crippen LogP contribution in [0.3, 0.4) is 0 Å². The molecule has 1 aliphatic carbocycles. The number of imidazole rings is 1. The predicted molar refractivity (Wildman–Crippen MR) is 79.3 cm³/mol. The summed E-state index contributed by atoms with van der Waals surface area (Å²) in [6, 6.07) is 7.98. The molecule has 4 rings (SSSR count). The SMILES string of the molecule is CO[C@H]1C[C@@H](n2c(=O)n(C)c3nnc4ccccc4c32)C1. The van der Waals surface area contributed by atoms with Crippen LogP contribution in [-0.2, 0) is 11.8 Å². The molecule has 0 amide bonds. The first-order valence-corrected chi connectivity index (χ1v) is 7.06. The summed E-state index contributed by atoms with van der Waals surface area (Å²) < 4.78 is 8.78. The van der Waals surface area contributed by atoms with Gasteiger partial charge in [-0.15, -0.1) is 10.2 Å². The Morgan fingerprint density at radius 2 is 2.00 bits per heavy atom. The molecule has 0 N–H and O–H groups in total. The Morgan fingerprint density at radius 3 is 2.76 bits per heavy atom. The van der Waals surface area contributed by atoms with Crippen molar-refractivity contribution < 1.29 is 4.74 Å². The number of benzene rings is 1. The first kappa shape index (κ1) is 12.5. The lowest BCUT2D eigenvalue weighted by Crippen LogP contribution is -2.37. The van der Waals surface area contributed by atoms with Gasteiger partial charge in [0.25, 0.3) is 0 Å². The van der Waals surface area contributed by atoms with Crippen LogP contribution in [0.2, 0.25) is 0 Å². The van der Waals surface area contributed by atoms with Gasteiger partial charge in [0.15, 0.2) is 5.65 Å². The zero-order chi connectivity index (χ0) is 14.6. The van der Waals surface area contributed by atoms with Gasteiger partial charge in [-0.3, -0.25) is 9.13 Å². The summed E-state index contributed by atoms with van der Waals surface area (Å²) in [7, 11) is 3.46. The number of aryl methyl sites for hydroxylation is 1. The van der Waals surface area contributed by atoms with Crippen molar-refractivity contribution in [2.45, 2.75) is 25.0 Å². The van der Waals surface area contributed by atoms with E-state index in [2.05, 4.69) is 10.2 Å². The Hall–Kier alpha value is -2.21. The molecule has 3 aromatic rings. The zero-order valence-electron chi connectivity index (χ0n) is 12.0. The number of nitrogens with zero attached hydrogens (tertiary/aromatic N) is 4. The molecular formula is C15H16N4O2. The molecule has 2 aromatic heterocycles. The monoisotopic (exact) mass is 284 g/mol. The third-order valence-corrected chi connectivity index (χ3v) is 4.44. The fraction of sp³-hybridized carbons (Fsp3) is 0.400. The second kappa shape index (κ2) is 4.39. The molecule has 6 heteroatoms. The van der Waals surface area contributed by atoms with Gasteiger partial charge in [0.1, 0.15) is 5.52 Å². The number of aromatic nitrogens is 4. The number of hydrogen-bond acceptors (Lipinski definition) is 4. The van der Waals surface area contributed by atoms with Crippen molar-refractivity contribution in [2.75, 3.05) is 7.11 Å². The van der Waals surface area contributed by atoms with Crippen LogP contribution < -0.4 is 5.69 Å². The molecule has 6 nitrogen and oxygen atoms in total. The van der Waals surface area contributed by atoms with Crippen molar-refractivity contribution >= 4 is 22.1 Å². The van der Waals surface area contributed by atoms with E-state index in [1.807, 2.05) is 28.8 Å². The third-order valence-electron chi connectivity index (χ3n) is 4.44. The normalized spacial score (nSPS) is 21.8. The summed E-state index contributed by atoms with van der Waals surface area (Å²) in [6.45, 7) is 0. The van der Waals surface area contributed by atoms with Crippen molar-refractivity contribution in [2.24, 2.45) is 7.05 Å². The second-order valence-corrected chi connectivity index (χ2v) is 5.58. The molecule has 0 spiro atoms. The van der Waals surface area contributed by atoms with Gasteiger partial charge in [-0.1, -0.05) is 18.2 Å². The van der Waals surface area contributed by atoms with Gasteiger partial charge in [-0.2, -0.15) is 0 Å². The Balaban J connectivity index is 2.03. The number of fused-ring (bicyclic) bond motifs is 3. The summed E-state index contributed by atoms with van der Waals surface area (Å²) in [5, 5.41) is 9.42. The molecule has 21 heavy (non-hydrogen) atoms. The van der Waals surface area contributed by atoms with Crippen LogP contribution in [0.25, 0.3) is 22.1 Å². The summed E-state index contributed by atoms with van der Waals surface area (Å²) in [5.74, 6) is 0. The van der Waals surface area contributed by atoms with E-state index < -0.39 is 0 Å². The van der Waals surface area contributed by atoms with Crippen molar-refractivity contribution in [3.63, 3.8) is 0 Å². The first-order chi connectivity index (χ1) is 10.2. The Morgan fingerprint density at radius 1 is 1.24 bits per heavy atom. The molecule has 0 atom stereocenters. The second-order valence-electron chi connectivity index (χ2n) is 5.58. The van der Waals surface area contributed by atoms with Gasteiger partial charge in [0, 0.05) is 25.6 Å². The zero-order valence-corrected chi connectivity index (χ0v) is 12.0. The minimum Gasteiger partial charge on any atom is -0.381 e. The van der Waals surface area contributed by atoms with E-state index in [9.17, 15) is 4.79 Å².